The number of nitrogens with zero attached hydrogens (tertiary/aromatic N) is 1. The van der Waals surface area contributed by atoms with Gasteiger partial charge >= 0.3 is 0 Å². The van der Waals surface area contributed by atoms with Crippen LogP contribution < -0.4 is 0 Å². The standard InChI is InChI=1S/C13H16BrN/c14-12-6-5-10-8-15(9-11(10)7-12)13-3-1-2-4-13/h5-7,13H,1-4,8-9H2. The highest BCUT2D eigenvalue weighted by Gasteiger charge is 2.27. The van der Waals surface area contributed by atoms with Gasteiger partial charge in [0.25, 0.3) is 0 Å². The summed E-state index contributed by atoms with van der Waals surface area (Å²) < 4.78 is 1.22. The van der Waals surface area contributed by atoms with E-state index < -0.39 is 0 Å². The third-order valence-electron chi connectivity index (χ3n) is 3.76. The summed E-state index contributed by atoms with van der Waals surface area (Å²) in [6.07, 6.45) is 5.69. The molecule has 1 heterocycles. The molecule has 1 nitrogen and oxygen atoms in total. The van der Waals surface area contributed by atoms with Crippen molar-refractivity contribution < 1.29 is 0 Å². The summed E-state index contributed by atoms with van der Waals surface area (Å²) in [6.45, 7) is 2.34. The van der Waals surface area contributed by atoms with Crippen LogP contribution in [0.5, 0.6) is 0 Å². The molecular formula is C13H16BrN. The van der Waals surface area contributed by atoms with E-state index in [1.165, 1.54) is 54.4 Å². The SMILES string of the molecule is Brc1ccc2c(c1)CN(C1CCCC1)C2. The second-order valence-electron chi connectivity index (χ2n) is 4.76. The average molecular weight is 266 g/mol. The van der Waals surface area contributed by atoms with Crippen molar-refractivity contribution in [3.63, 3.8) is 0 Å². The van der Waals surface area contributed by atoms with Crippen LogP contribution in [-0.2, 0) is 13.1 Å². The van der Waals surface area contributed by atoms with E-state index in [9.17, 15) is 0 Å². The van der Waals surface area contributed by atoms with Crippen molar-refractivity contribution in [2.24, 2.45) is 0 Å². The van der Waals surface area contributed by atoms with Crippen molar-refractivity contribution >= 4 is 15.9 Å². The van der Waals surface area contributed by atoms with Gasteiger partial charge < -0.3 is 0 Å². The van der Waals surface area contributed by atoms with Crippen molar-refractivity contribution in [3.8, 4) is 0 Å². The van der Waals surface area contributed by atoms with E-state index in [0.29, 0.717) is 0 Å². The lowest BCUT2D eigenvalue weighted by molar-refractivity contribution is 0.202. The van der Waals surface area contributed by atoms with E-state index in [1.54, 1.807) is 0 Å². The van der Waals surface area contributed by atoms with Crippen LogP contribution in [0.1, 0.15) is 36.8 Å². The molecule has 0 aromatic heterocycles. The first-order valence-electron chi connectivity index (χ1n) is 5.84. The van der Waals surface area contributed by atoms with Crippen molar-refractivity contribution in [1.82, 2.24) is 4.90 Å². The van der Waals surface area contributed by atoms with Crippen LogP contribution in [0.15, 0.2) is 22.7 Å². The van der Waals surface area contributed by atoms with Gasteiger partial charge in [0.2, 0.25) is 0 Å². The molecule has 0 N–H and O–H groups in total. The predicted molar refractivity (Wildman–Crippen MR) is 65.6 cm³/mol. The van der Waals surface area contributed by atoms with Gasteiger partial charge in [-0.1, -0.05) is 34.8 Å². The summed E-state index contributed by atoms with van der Waals surface area (Å²) in [6, 6.07) is 7.58. The molecule has 0 bridgehead atoms. The second-order valence-corrected chi connectivity index (χ2v) is 5.67. The van der Waals surface area contributed by atoms with E-state index in [1.807, 2.05) is 0 Å². The lowest BCUT2D eigenvalue weighted by Crippen LogP contribution is -2.27. The smallest absolute Gasteiger partial charge is 0.0243 e. The molecule has 0 radical (unpaired) electrons. The molecular weight excluding hydrogens is 250 g/mol. The Kier molecular flexibility index (Phi) is 2.57. The highest BCUT2D eigenvalue weighted by molar-refractivity contribution is 9.10. The van der Waals surface area contributed by atoms with Crippen molar-refractivity contribution in [3.05, 3.63) is 33.8 Å². The van der Waals surface area contributed by atoms with E-state index in [0.717, 1.165) is 6.04 Å². The number of benzene rings is 1. The first-order valence-corrected chi connectivity index (χ1v) is 6.63. The first kappa shape index (κ1) is 9.86. The second kappa shape index (κ2) is 3.91. The maximum Gasteiger partial charge on any atom is 0.0243 e. The molecule has 0 spiro atoms. The van der Waals surface area contributed by atoms with E-state index >= 15 is 0 Å². The molecule has 1 aliphatic carbocycles. The number of fused-ring (bicyclic) bond motifs is 1. The van der Waals surface area contributed by atoms with E-state index in [-0.39, 0.29) is 0 Å². The van der Waals surface area contributed by atoms with Gasteiger partial charge in [-0.2, -0.15) is 0 Å². The number of hydrogen-bond donors (Lipinski definition) is 0. The minimum atomic E-state index is 0.858. The normalized spacial score (nSPS) is 22.2. The Labute approximate surface area is 99.6 Å². The van der Waals surface area contributed by atoms with Crippen LogP contribution in [0, 0.1) is 0 Å². The predicted octanol–water partition coefficient (Wildman–Crippen LogP) is 3.71. The molecule has 0 amide bonds. The third kappa shape index (κ3) is 1.85. The summed E-state index contributed by atoms with van der Waals surface area (Å²) in [4.78, 5) is 2.66. The van der Waals surface area contributed by atoms with Gasteiger partial charge in [0, 0.05) is 23.6 Å². The molecule has 0 saturated heterocycles. The minimum Gasteiger partial charge on any atom is -0.292 e. The van der Waals surface area contributed by atoms with Crippen LogP contribution >= 0.6 is 15.9 Å². The topological polar surface area (TPSA) is 3.24 Å². The molecule has 0 atom stereocenters. The Morgan fingerprint density at radius 2 is 1.80 bits per heavy atom. The fraction of sp³-hybridized carbons (Fsp3) is 0.538. The molecule has 2 heteroatoms. The number of hydrogen-bond acceptors (Lipinski definition) is 1. The number of rotatable bonds is 1. The Morgan fingerprint density at radius 3 is 2.60 bits per heavy atom. The van der Waals surface area contributed by atoms with E-state index in [4.69, 9.17) is 0 Å². The zero-order valence-electron chi connectivity index (χ0n) is 8.88. The van der Waals surface area contributed by atoms with E-state index in [2.05, 4.69) is 39.0 Å². The molecule has 15 heavy (non-hydrogen) atoms. The molecule has 1 aliphatic heterocycles. The molecule has 3 rings (SSSR count). The maximum absolute atomic E-state index is 3.55. The van der Waals surface area contributed by atoms with Gasteiger partial charge in [-0.25, -0.2) is 0 Å². The molecule has 2 aliphatic rings. The summed E-state index contributed by atoms with van der Waals surface area (Å²) >= 11 is 3.55. The Hall–Kier alpha value is -0.340. The van der Waals surface area contributed by atoms with Gasteiger partial charge in [0.15, 0.2) is 0 Å². The van der Waals surface area contributed by atoms with Crippen molar-refractivity contribution in [1.29, 1.82) is 0 Å². The maximum atomic E-state index is 3.55. The molecule has 0 unspecified atom stereocenters. The Morgan fingerprint density at radius 1 is 1.07 bits per heavy atom. The van der Waals surface area contributed by atoms with Gasteiger partial charge in [0.1, 0.15) is 0 Å². The lowest BCUT2D eigenvalue weighted by atomic mass is 10.1. The quantitative estimate of drug-likeness (QED) is 0.749. The molecule has 1 saturated carbocycles. The summed E-state index contributed by atoms with van der Waals surface area (Å²) in [5, 5.41) is 0. The molecule has 1 aromatic carbocycles. The van der Waals surface area contributed by atoms with Crippen molar-refractivity contribution in [2.75, 3.05) is 0 Å². The lowest BCUT2D eigenvalue weighted by Gasteiger charge is -2.22. The Balaban J connectivity index is 1.79. The van der Waals surface area contributed by atoms with Crippen LogP contribution in [0.3, 0.4) is 0 Å². The third-order valence-corrected chi connectivity index (χ3v) is 4.25. The van der Waals surface area contributed by atoms with Gasteiger partial charge in [0.05, 0.1) is 0 Å². The monoisotopic (exact) mass is 265 g/mol. The largest absolute Gasteiger partial charge is 0.292 e. The summed E-state index contributed by atoms with van der Waals surface area (Å²) in [5.74, 6) is 0. The van der Waals surface area contributed by atoms with Crippen LogP contribution in [-0.4, -0.2) is 10.9 Å². The molecule has 1 aromatic rings. The first-order chi connectivity index (χ1) is 7.33. The highest BCUT2D eigenvalue weighted by Crippen LogP contribution is 2.32. The van der Waals surface area contributed by atoms with Crippen LogP contribution in [0.4, 0.5) is 0 Å². The Bertz CT molecular complexity index is 369. The number of halogens is 1. The summed E-state index contributed by atoms with van der Waals surface area (Å²) in [7, 11) is 0. The fourth-order valence-electron chi connectivity index (χ4n) is 2.92. The van der Waals surface area contributed by atoms with Crippen molar-refractivity contribution in [2.45, 2.75) is 44.8 Å². The molecule has 80 valence electrons. The van der Waals surface area contributed by atoms with Gasteiger partial charge in [-0.05, 0) is 36.1 Å². The minimum absolute atomic E-state index is 0.858. The highest BCUT2D eigenvalue weighted by atomic mass is 79.9. The average Bonchev–Trinajstić information content (AvgIpc) is 2.84. The van der Waals surface area contributed by atoms with Crippen LogP contribution in [0.2, 0.25) is 0 Å². The zero-order chi connectivity index (χ0) is 10.3. The van der Waals surface area contributed by atoms with Gasteiger partial charge in [-0.15, -0.1) is 0 Å². The summed E-state index contributed by atoms with van der Waals surface area (Å²) in [5.41, 5.74) is 3.06. The molecule has 1 fully saturated rings. The van der Waals surface area contributed by atoms with Gasteiger partial charge in [-0.3, -0.25) is 4.90 Å². The fourth-order valence-corrected chi connectivity index (χ4v) is 3.33. The zero-order valence-corrected chi connectivity index (χ0v) is 10.5. The van der Waals surface area contributed by atoms with Crippen LogP contribution in [0.25, 0.3) is 0 Å².